The summed E-state index contributed by atoms with van der Waals surface area (Å²) in [5.74, 6) is 1.57. The maximum absolute atomic E-state index is 13.7. The monoisotopic (exact) mass is 479 g/mol. The van der Waals surface area contributed by atoms with Gasteiger partial charge in [0.15, 0.2) is 16.6 Å². The Kier molecular flexibility index (Phi) is 7.65. The molecule has 0 unspecified atom stereocenters. The quantitative estimate of drug-likeness (QED) is 0.455. The van der Waals surface area contributed by atoms with Crippen molar-refractivity contribution in [2.75, 3.05) is 60.5 Å². The molecule has 0 atom stereocenters. The first-order chi connectivity index (χ1) is 15.3. The molecule has 10 heteroatoms. The minimum Gasteiger partial charge on any atom is -0.494 e. The third kappa shape index (κ3) is 4.69. The van der Waals surface area contributed by atoms with Crippen LogP contribution >= 0.6 is 22.9 Å². The summed E-state index contributed by atoms with van der Waals surface area (Å²) in [6.45, 7) is 1.05. The van der Waals surface area contributed by atoms with Crippen molar-refractivity contribution in [3.63, 3.8) is 0 Å². The highest BCUT2D eigenvalue weighted by Gasteiger charge is 2.26. The van der Waals surface area contributed by atoms with E-state index in [4.69, 9.17) is 35.5 Å². The lowest BCUT2D eigenvalue weighted by atomic mass is 10.1. The van der Waals surface area contributed by atoms with Crippen molar-refractivity contribution < 1.29 is 23.7 Å². The maximum atomic E-state index is 13.7. The largest absolute Gasteiger partial charge is 0.494 e. The van der Waals surface area contributed by atoms with Gasteiger partial charge in [0.05, 0.1) is 38.2 Å². The fourth-order valence-electron chi connectivity index (χ4n) is 3.17. The summed E-state index contributed by atoms with van der Waals surface area (Å²) >= 11 is 7.74. The molecule has 0 radical (unpaired) electrons. The third-order valence-electron chi connectivity index (χ3n) is 4.83. The Labute approximate surface area is 196 Å². The molecule has 1 amide bonds. The molecule has 1 aromatic heterocycles. The number of ether oxygens (including phenoxy) is 4. The van der Waals surface area contributed by atoms with Gasteiger partial charge in [0.25, 0.3) is 5.91 Å². The lowest BCUT2D eigenvalue weighted by Crippen LogP contribution is -2.36. The number of carbonyl (C=O) groups excluding carboxylic acids is 1. The van der Waals surface area contributed by atoms with Crippen LogP contribution in [0.1, 0.15) is 10.4 Å². The van der Waals surface area contributed by atoms with E-state index in [2.05, 4.69) is 0 Å². The standard InChI is InChI=1S/C22H26ClN3O5S/c1-25(2)9-10-26(22-24-18-15(28-3)8-7-14(23)20(18)32-22)21(27)13-11-16(29-4)19(31-6)17(12-13)30-5/h7-8,11-12H,9-10H2,1-6H3. The number of methoxy groups -OCH3 is 4. The van der Waals surface area contributed by atoms with Crippen LogP contribution in [0, 0.1) is 0 Å². The van der Waals surface area contributed by atoms with Gasteiger partial charge in [0, 0.05) is 18.7 Å². The molecular weight excluding hydrogens is 454 g/mol. The molecule has 32 heavy (non-hydrogen) atoms. The molecule has 1 heterocycles. The Morgan fingerprint density at radius 2 is 1.59 bits per heavy atom. The number of rotatable bonds is 9. The van der Waals surface area contributed by atoms with Gasteiger partial charge in [-0.25, -0.2) is 4.98 Å². The summed E-state index contributed by atoms with van der Waals surface area (Å²) in [7, 11) is 10.0. The summed E-state index contributed by atoms with van der Waals surface area (Å²) in [6.07, 6.45) is 0. The van der Waals surface area contributed by atoms with Gasteiger partial charge in [0.1, 0.15) is 11.3 Å². The lowest BCUT2D eigenvalue weighted by molar-refractivity contribution is 0.0984. The number of amides is 1. The Bertz CT molecular complexity index is 1090. The van der Waals surface area contributed by atoms with Gasteiger partial charge in [0.2, 0.25) is 5.75 Å². The van der Waals surface area contributed by atoms with Crippen molar-refractivity contribution in [2.24, 2.45) is 0 Å². The van der Waals surface area contributed by atoms with Gasteiger partial charge < -0.3 is 23.8 Å². The van der Waals surface area contributed by atoms with Crippen LogP contribution in [-0.2, 0) is 0 Å². The molecule has 0 aliphatic rings. The van der Waals surface area contributed by atoms with Crippen LogP contribution in [0.4, 0.5) is 5.13 Å². The predicted molar refractivity (Wildman–Crippen MR) is 128 cm³/mol. The average molecular weight is 480 g/mol. The Morgan fingerprint density at radius 1 is 0.969 bits per heavy atom. The zero-order valence-corrected chi connectivity index (χ0v) is 20.5. The van der Waals surface area contributed by atoms with Gasteiger partial charge in [-0.1, -0.05) is 22.9 Å². The summed E-state index contributed by atoms with van der Waals surface area (Å²) < 4.78 is 22.4. The number of anilines is 1. The number of carbonyl (C=O) groups is 1. The van der Waals surface area contributed by atoms with E-state index in [1.54, 1.807) is 36.3 Å². The highest BCUT2D eigenvalue weighted by molar-refractivity contribution is 7.23. The first-order valence-corrected chi connectivity index (χ1v) is 10.9. The number of thiazole rings is 1. The van der Waals surface area contributed by atoms with E-state index in [0.717, 1.165) is 4.70 Å². The van der Waals surface area contributed by atoms with Crippen LogP contribution in [0.25, 0.3) is 10.2 Å². The number of likely N-dealkylation sites (N-methyl/N-ethyl adjacent to an activating group) is 1. The molecular formula is C22H26ClN3O5S. The molecule has 0 saturated carbocycles. The van der Waals surface area contributed by atoms with Crippen molar-refractivity contribution in [1.29, 1.82) is 0 Å². The highest BCUT2D eigenvalue weighted by Crippen LogP contribution is 2.41. The second kappa shape index (κ2) is 10.2. The number of hydrogen-bond acceptors (Lipinski definition) is 8. The number of aromatic nitrogens is 1. The number of hydrogen-bond donors (Lipinski definition) is 0. The average Bonchev–Trinajstić information content (AvgIpc) is 3.24. The minimum atomic E-state index is -0.250. The van der Waals surface area contributed by atoms with E-state index in [1.165, 1.54) is 32.7 Å². The van der Waals surface area contributed by atoms with E-state index < -0.39 is 0 Å². The summed E-state index contributed by atoms with van der Waals surface area (Å²) in [5, 5.41) is 1.07. The molecule has 0 fully saturated rings. The minimum absolute atomic E-state index is 0.250. The highest BCUT2D eigenvalue weighted by atomic mass is 35.5. The van der Waals surface area contributed by atoms with Gasteiger partial charge in [-0.2, -0.15) is 0 Å². The zero-order chi connectivity index (χ0) is 23.4. The normalized spacial score (nSPS) is 11.0. The van der Waals surface area contributed by atoms with Crippen LogP contribution in [-0.4, -0.2) is 71.4 Å². The molecule has 0 spiro atoms. The number of nitrogens with zero attached hydrogens (tertiary/aromatic N) is 3. The Hall–Kier alpha value is -2.75. The summed E-state index contributed by atoms with van der Waals surface area (Å²) in [6, 6.07) is 6.79. The second-order valence-electron chi connectivity index (χ2n) is 7.10. The predicted octanol–water partition coefficient (Wildman–Crippen LogP) is 4.19. The first-order valence-electron chi connectivity index (χ1n) is 9.74. The van der Waals surface area contributed by atoms with Crippen molar-refractivity contribution >= 4 is 44.2 Å². The van der Waals surface area contributed by atoms with Crippen molar-refractivity contribution in [2.45, 2.75) is 0 Å². The lowest BCUT2D eigenvalue weighted by Gasteiger charge is -2.23. The van der Waals surface area contributed by atoms with E-state index in [9.17, 15) is 4.79 Å². The van der Waals surface area contributed by atoms with Crippen LogP contribution in [0.3, 0.4) is 0 Å². The van der Waals surface area contributed by atoms with Crippen LogP contribution in [0.2, 0.25) is 5.02 Å². The second-order valence-corrected chi connectivity index (χ2v) is 8.48. The van der Waals surface area contributed by atoms with Crippen molar-refractivity contribution in [3.8, 4) is 23.0 Å². The molecule has 0 saturated heterocycles. The van der Waals surface area contributed by atoms with E-state index in [-0.39, 0.29) is 5.91 Å². The van der Waals surface area contributed by atoms with Gasteiger partial charge in [-0.05, 0) is 38.4 Å². The fourth-order valence-corrected chi connectivity index (χ4v) is 4.45. The SMILES string of the molecule is COc1cc(C(=O)N(CCN(C)C)c2nc3c(OC)ccc(Cl)c3s2)cc(OC)c1OC. The number of fused-ring (bicyclic) bond motifs is 1. The first kappa shape index (κ1) is 23.9. The summed E-state index contributed by atoms with van der Waals surface area (Å²) in [5.41, 5.74) is 1.00. The van der Waals surface area contributed by atoms with Gasteiger partial charge in [-0.3, -0.25) is 9.69 Å². The molecule has 2 aromatic carbocycles. The molecule has 8 nitrogen and oxygen atoms in total. The summed E-state index contributed by atoms with van der Waals surface area (Å²) in [4.78, 5) is 22.0. The molecule has 172 valence electrons. The third-order valence-corrected chi connectivity index (χ3v) is 6.36. The Balaban J connectivity index is 2.11. The fraction of sp³-hybridized carbons (Fsp3) is 0.364. The molecule has 0 N–H and O–H groups in total. The maximum Gasteiger partial charge on any atom is 0.260 e. The zero-order valence-electron chi connectivity index (χ0n) is 18.9. The molecule has 0 aliphatic heterocycles. The molecule has 3 rings (SSSR count). The van der Waals surface area contributed by atoms with E-state index in [0.29, 0.717) is 57.3 Å². The van der Waals surface area contributed by atoms with Gasteiger partial charge in [-0.15, -0.1) is 0 Å². The molecule has 0 bridgehead atoms. The Morgan fingerprint density at radius 3 is 2.12 bits per heavy atom. The van der Waals surface area contributed by atoms with Crippen molar-refractivity contribution in [3.05, 3.63) is 34.9 Å². The van der Waals surface area contributed by atoms with Crippen molar-refractivity contribution in [1.82, 2.24) is 9.88 Å². The van der Waals surface area contributed by atoms with E-state index >= 15 is 0 Å². The number of halogens is 1. The van der Waals surface area contributed by atoms with Crippen LogP contribution in [0.15, 0.2) is 24.3 Å². The number of benzene rings is 2. The topological polar surface area (TPSA) is 73.4 Å². The van der Waals surface area contributed by atoms with E-state index in [1.807, 2.05) is 19.0 Å². The van der Waals surface area contributed by atoms with Crippen LogP contribution < -0.4 is 23.8 Å². The molecule has 0 aliphatic carbocycles. The van der Waals surface area contributed by atoms with Crippen LogP contribution in [0.5, 0.6) is 23.0 Å². The van der Waals surface area contributed by atoms with Gasteiger partial charge >= 0.3 is 0 Å². The molecule has 3 aromatic rings. The smallest absolute Gasteiger partial charge is 0.260 e.